The highest BCUT2D eigenvalue weighted by Crippen LogP contribution is 2.20. The number of hydrogen-bond donors (Lipinski definition) is 2. The molecular formula is C11H12BrN4O2P. The fourth-order valence-corrected chi connectivity index (χ4v) is 2.48. The van der Waals surface area contributed by atoms with Crippen molar-refractivity contribution in [2.45, 2.75) is 6.92 Å². The van der Waals surface area contributed by atoms with Crippen molar-refractivity contribution in [2.75, 3.05) is 12.0 Å². The molecule has 19 heavy (non-hydrogen) atoms. The van der Waals surface area contributed by atoms with Gasteiger partial charge in [0.15, 0.2) is 0 Å². The first-order valence-electron chi connectivity index (χ1n) is 5.45. The molecule has 0 radical (unpaired) electrons. The van der Waals surface area contributed by atoms with Crippen LogP contribution in [0.4, 0.5) is 5.69 Å². The van der Waals surface area contributed by atoms with Crippen molar-refractivity contribution >= 4 is 36.3 Å². The summed E-state index contributed by atoms with van der Waals surface area (Å²) in [5.41, 5.74) is 1.02. The average molecular weight is 343 g/mol. The molecule has 2 rings (SSSR count). The van der Waals surface area contributed by atoms with Crippen molar-refractivity contribution in [3.05, 3.63) is 44.3 Å². The highest BCUT2D eigenvalue weighted by Gasteiger charge is 2.16. The van der Waals surface area contributed by atoms with Gasteiger partial charge >= 0.3 is 5.56 Å². The maximum atomic E-state index is 12.0. The van der Waals surface area contributed by atoms with Crippen molar-refractivity contribution in [1.29, 1.82) is 0 Å². The number of carbonyl (C=O) groups is 1. The number of amides is 1. The summed E-state index contributed by atoms with van der Waals surface area (Å²) in [6, 6.07) is 5.47. The first-order valence-corrected chi connectivity index (χ1v) is 7.69. The van der Waals surface area contributed by atoms with Crippen LogP contribution in [0.15, 0.2) is 27.5 Å². The Morgan fingerprint density at radius 1 is 1.53 bits per heavy atom. The second kappa shape index (κ2) is 5.67. The average Bonchev–Trinajstić information content (AvgIpc) is 2.74. The number of aromatic nitrogens is 3. The van der Waals surface area contributed by atoms with E-state index < -0.39 is 11.5 Å². The third-order valence-corrected chi connectivity index (χ3v) is 3.79. The van der Waals surface area contributed by atoms with Crippen LogP contribution in [0, 0.1) is 6.92 Å². The van der Waals surface area contributed by atoms with Crippen LogP contribution in [0.25, 0.3) is 0 Å². The zero-order valence-corrected chi connectivity index (χ0v) is 12.9. The lowest BCUT2D eigenvalue weighted by Gasteiger charge is -2.06. The summed E-state index contributed by atoms with van der Waals surface area (Å²) in [5, 5.41) is 8.93. The Hall–Kier alpha value is -1.46. The summed E-state index contributed by atoms with van der Waals surface area (Å²) < 4.78 is 2.22. The fraction of sp³-hybridized carbons (Fsp3) is 0.182. The summed E-state index contributed by atoms with van der Waals surface area (Å²) >= 11 is 3.35. The van der Waals surface area contributed by atoms with Crippen molar-refractivity contribution in [2.24, 2.45) is 0 Å². The Morgan fingerprint density at radius 3 is 2.84 bits per heavy atom. The van der Waals surface area contributed by atoms with E-state index in [1.807, 2.05) is 25.7 Å². The van der Waals surface area contributed by atoms with Gasteiger partial charge in [0.25, 0.3) is 5.91 Å². The highest BCUT2D eigenvalue weighted by molar-refractivity contribution is 9.10. The smallest absolute Gasteiger partial charge is 0.302 e. The first-order chi connectivity index (χ1) is 9.02. The predicted molar refractivity (Wildman–Crippen MR) is 79.3 cm³/mol. The normalized spacial score (nSPS) is 11.1. The number of nitrogens with one attached hydrogen (secondary N) is 2. The molecule has 0 aliphatic heterocycles. The van der Waals surface area contributed by atoms with Gasteiger partial charge in [-0.25, -0.2) is 9.67 Å². The Labute approximate surface area is 119 Å². The number of aromatic amines is 1. The van der Waals surface area contributed by atoms with Gasteiger partial charge in [0.2, 0.25) is 5.69 Å². The second-order valence-corrected chi connectivity index (χ2v) is 5.65. The molecule has 1 aromatic heterocycles. The zero-order valence-electron chi connectivity index (χ0n) is 10.3. The summed E-state index contributed by atoms with van der Waals surface area (Å²) in [5.74, 6) is -0.510. The number of carbonyl (C=O) groups excluding carboxylic acids is 1. The topological polar surface area (TPSA) is 79.8 Å². The maximum absolute atomic E-state index is 12.0. The van der Waals surface area contributed by atoms with E-state index >= 15 is 0 Å². The van der Waals surface area contributed by atoms with E-state index in [1.54, 1.807) is 6.07 Å². The number of H-pyrrole nitrogens is 1. The van der Waals surface area contributed by atoms with E-state index in [0.29, 0.717) is 5.69 Å². The fourth-order valence-electron chi connectivity index (χ4n) is 1.55. The molecule has 6 nitrogen and oxygen atoms in total. The van der Waals surface area contributed by atoms with Crippen LogP contribution in [-0.4, -0.2) is 27.3 Å². The maximum Gasteiger partial charge on any atom is 0.302 e. The number of halogens is 1. The van der Waals surface area contributed by atoms with Crippen LogP contribution in [0.5, 0.6) is 0 Å². The quantitative estimate of drug-likeness (QED) is 0.837. The minimum absolute atomic E-state index is 0.128. The molecule has 0 bridgehead atoms. The van der Waals surface area contributed by atoms with E-state index in [2.05, 4.69) is 31.6 Å². The lowest BCUT2D eigenvalue weighted by molar-refractivity contribution is 0.102. The highest BCUT2D eigenvalue weighted by atomic mass is 79.9. The number of nitrogens with zero attached hydrogens (tertiary/aromatic N) is 2. The Kier molecular flexibility index (Phi) is 4.17. The molecule has 100 valence electrons. The summed E-state index contributed by atoms with van der Waals surface area (Å²) in [6.07, 6.45) is 0. The lowest BCUT2D eigenvalue weighted by atomic mass is 10.2. The summed E-state index contributed by atoms with van der Waals surface area (Å²) in [7, 11) is 0.206. The van der Waals surface area contributed by atoms with E-state index in [0.717, 1.165) is 10.0 Å². The van der Waals surface area contributed by atoms with Crippen molar-refractivity contribution in [1.82, 2.24) is 14.8 Å². The van der Waals surface area contributed by atoms with E-state index in [9.17, 15) is 9.59 Å². The molecule has 1 amide bonds. The number of anilines is 1. The van der Waals surface area contributed by atoms with Gasteiger partial charge in [-0.1, -0.05) is 15.9 Å². The monoisotopic (exact) mass is 342 g/mol. The predicted octanol–water partition coefficient (Wildman–Crippen LogP) is 1.97. The Balaban J connectivity index is 2.26. The standard InChI is InChI=1S/C11H12BrN4O2P/c1-6-5-7(12)3-4-8(6)13-10(17)9-11(18)16(19-2)15-14-9/h3-5,15,19H,1-2H3,(H,13,17). The van der Waals surface area contributed by atoms with Crippen LogP contribution in [0.1, 0.15) is 16.1 Å². The number of rotatable bonds is 3. The number of aryl methyl sites for hydroxylation is 1. The zero-order chi connectivity index (χ0) is 14.0. The SMILES string of the molecule is CPn1[nH]nc(C(=O)Nc2ccc(Br)cc2C)c1=O. The molecule has 0 spiro atoms. The van der Waals surface area contributed by atoms with Gasteiger partial charge in [0.05, 0.1) is 0 Å². The van der Waals surface area contributed by atoms with Crippen molar-refractivity contribution in [3.63, 3.8) is 0 Å². The molecule has 1 unspecified atom stereocenters. The molecule has 0 aliphatic carbocycles. The minimum Gasteiger partial charge on any atom is -0.320 e. The molecule has 0 saturated carbocycles. The van der Waals surface area contributed by atoms with Gasteiger partial charge in [-0.15, -0.1) is 5.10 Å². The second-order valence-electron chi connectivity index (χ2n) is 3.84. The van der Waals surface area contributed by atoms with Crippen molar-refractivity contribution < 1.29 is 4.79 Å². The van der Waals surface area contributed by atoms with E-state index in [-0.39, 0.29) is 14.4 Å². The Bertz CT molecular complexity index is 680. The summed E-state index contributed by atoms with van der Waals surface area (Å²) in [6.45, 7) is 3.69. The molecular weight excluding hydrogens is 331 g/mol. The van der Waals surface area contributed by atoms with Crippen LogP contribution >= 0.6 is 24.7 Å². The molecule has 0 fully saturated rings. The first kappa shape index (κ1) is 14.0. The largest absolute Gasteiger partial charge is 0.320 e. The number of benzene rings is 1. The lowest BCUT2D eigenvalue weighted by Crippen LogP contribution is -2.23. The van der Waals surface area contributed by atoms with Gasteiger partial charge < -0.3 is 5.32 Å². The van der Waals surface area contributed by atoms with Crippen LogP contribution < -0.4 is 10.9 Å². The van der Waals surface area contributed by atoms with Gasteiger partial charge in [-0.05, 0) is 37.4 Å². The van der Waals surface area contributed by atoms with Crippen molar-refractivity contribution in [3.8, 4) is 0 Å². The van der Waals surface area contributed by atoms with Gasteiger partial charge in [-0.3, -0.25) is 9.59 Å². The molecule has 2 N–H and O–H groups in total. The molecule has 0 saturated heterocycles. The van der Waals surface area contributed by atoms with E-state index in [4.69, 9.17) is 0 Å². The third kappa shape index (κ3) is 2.93. The van der Waals surface area contributed by atoms with Gasteiger partial charge in [0.1, 0.15) is 0 Å². The van der Waals surface area contributed by atoms with E-state index in [1.165, 1.54) is 4.45 Å². The number of hydrogen-bond acceptors (Lipinski definition) is 3. The Morgan fingerprint density at radius 2 is 2.26 bits per heavy atom. The molecule has 1 aromatic carbocycles. The molecule has 1 heterocycles. The van der Waals surface area contributed by atoms with Crippen LogP contribution in [0.2, 0.25) is 0 Å². The molecule has 2 aromatic rings. The molecule has 1 atom stereocenters. The van der Waals surface area contributed by atoms with Gasteiger partial charge in [0, 0.05) is 18.9 Å². The molecule has 0 aliphatic rings. The summed E-state index contributed by atoms with van der Waals surface area (Å²) in [4.78, 5) is 23.8. The third-order valence-electron chi connectivity index (χ3n) is 2.54. The van der Waals surface area contributed by atoms with Crippen LogP contribution in [0.3, 0.4) is 0 Å². The van der Waals surface area contributed by atoms with Gasteiger partial charge in [-0.2, -0.15) is 0 Å². The molecule has 8 heteroatoms. The van der Waals surface area contributed by atoms with Crippen LogP contribution in [-0.2, 0) is 0 Å². The minimum atomic E-state index is -0.510.